The topological polar surface area (TPSA) is 67.2 Å². The van der Waals surface area contributed by atoms with Crippen LogP contribution in [0.5, 0.6) is 0 Å². The number of rotatable bonds is 8. The lowest BCUT2D eigenvalue weighted by molar-refractivity contribution is -0.142. The third-order valence-electron chi connectivity index (χ3n) is 4.91. The van der Waals surface area contributed by atoms with Crippen molar-refractivity contribution in [1.82, 2.24) is 14.9 Å². The van der Waals surface area contributed by atoms with Crippen LogP contribution in [0.4, 0.5) is 0 Å². The predicted octanol–water partition coefficient (Wildman–Crippen LogP) is 2.99. The maximum Gasteiger partial charge on any atom is 0.306 e. The third kappa shape index (κ3) is 4.10. The molecular formula is C20H27N3O2. The Labute approximate surface area is 149 Å². The lowest BCUT2D eigenvalue weighted by atomic mass is 9.94. The minimum Gasteiger partial charge on any atom is -0.481 e. The predicted molar refractivity (Wildman–Crippen MR) is 98.2 cm³/mol. The summed E-state index contributed by atoms with van der Waals surface area (Å²) in [5.74, 6) is -1.09. The van der Waals surface area contributed by atoms with Crippen LogP contribution in [-0.2, 0) is 24.1 Å². The number of carboxylic acid groups (broad SMARTS) is 1. The highest BCUT2D eigenvalue weighted by Crippen LogP contribution is 2.28. The van der Waals surface area contributed by atoms with E-state index in [2.05, 4.69) is 46.9 Å². The summed E-state index contributed by atoms with van der Waals surface area (Å²) in [6.07, 6.45) is 5.83. The summed E-state index contributed by atoms with van der Waals surface area (Å²) < 4.78 is 2.13. The van der Waals surface area contributed by atoms with E-state index in [0.29, 0.717) is 18.9 Å². The van der Waals surface area contributed by atoms with Crippen LogP contribution in [0.1, 0.15) is 43.6 Å². The molecule has 2 aromatic rings. The Hall–Kier alpha value is -2.14. The second-order valence-corrected chi connectivity index (χ2v) is 7.13. The lowest BCUT2D eigenvalue weighted by Crippen LogP contribution is -2.25. The van der Waals surface area contributed by atoms with Gasteiger partial charge in [0.1, 0.15) is 0 Å². The number of hydrogen-bond acceptors (Lipinski definition) is 3. The molecule has 5 nitrogen and oxygen atoms in total. The highest BCUT2D eigenvalue weighted by atomic mass is 16.4. The van der Waals surface area contributed by atoms with Gasteiger partial charge in [-0.15, -0.1) is 0 Å². The van der Waals surface area contributed by atoms with Crippen molar-refractivity contribution in [2.24, 2.45) is 5.92 Å². The Morgan fingerprint density at radius 1 is 1.32 bits per heavy atom. The van der Waals surface area contributed by atoms with Gasteiger partial charge in [-0.25, -0.2) is 4.98 Å². The average molecular weight is 341 g/mol. The fourth-order valence-corrected chi connectivity index (χ4v) is 3.55. The van der Waals surface area contributed by atoms with Crippen LogP contribution >= 0.6 is 0 Å². The molecule has 0 radical (unpaired) electrons. The number of aromatic nitrogens is 2. The number of para-hydroxylation sites is 1. The Bertz CT molecular complexity index is 736. The van der Waals surface area contributed by atoms with Crippen LogP contribution in [-0.4, -0.2) is 33.2 Å². The second-order valence-electron chi connectivity index (χ2n) is 7.13. The maximum atomic E-state index is 11.7. The molecule has 1 atom stereocenters. The quantitative estimate of drug-likeness (QED) is 0.725. The van der Waals surface area contributed by atoms with Gasteiger partial charge in [0.25, 0.3) is 0 Å². The Kier molecular flexibility index (Phi) is 5.53. The van der Waals surface area contributed by atoms with E-state index in [1.165, 1.54) is 16.9 Å². The van der Waals surface area contributed by atoms with Crippen molar-refractivity contribution in [3.8, 4) is 5.69 Å². The van der Waals surface area contributed by atoms with E-state index in [-0.39, 0.29) is 5.92 Å². The van der Waals surface area contributed by atoms with Gasteiger partial charge in [0, 0.05) is 23.8 Å². The van der Waals surface area contributed by atoms with Crippen LogP contribution in [0.25, 0.3) is 5.69 Å². The van der Waals surface area contributed by atoms with Crippen molar-refractivity contribution in [3.05, 3.63) is 47.5 Å². The zero-order chi connectivity index (χ0) is 17.8. The number of benzene rings is 1. The first-order valence-corrected chi connectivity index (χ1v) is 9.16. The zero-order valence-electron chi connectivity index (χ0n) is 15.0. The summed E-state index contributed by atoms with van der Waals surface area (Å²) in [5.41, 5.74) is 4.62. The monoisotopic (exact) mass is 341 g/mol. The van der Waals surface area contributed by atoms with Crippen LogP contribution in [0, 0.1) is 5.92 Å². The molecule has 0 amide bonds. The Morgan fingerprint density at radius 3 is 2.88 bits per heavy atom. The van der Waals surface area contributed by atoms with Gasteiger partial charge >= 0.3 is 5.97 Å². The molecule has 0 bridgehead atoms. The number of aliphatic carboxylic acids is 1. The van der Waals surface area contributed by atoms with Gasteiger partial charge in [-0.2, -0.15) is 0 Å². The lowest BCUT2D eigenvalue weighted by Gasteiger charge is -2.20. The van der Waals surface area contributed by atoms with Gasteiger partial charge in [-0.3, -0.25) is 4.79 Å². The van der Waals surface area contributed by atoms with Crippen molar-refractivity contribution in [2.75, 3.05) is 6.54 Å². The number of hydrogen-bond donors (Lipinski definition) is 2. The zero-order valence-corrected chi connectivity index (χ0v) is 15.0. The van der Waals surface area contributed by atoms with Crippen LogP contribution in [0.3, 0.4) is 0 Å². The van der Waals surface area contributed by atoms with Gasteiger partial charge in [0.05, 0.1) is 17.9 Å². The van der Waals surface area contributed by atoms with E-state index in [9.17, 15) is 9.90 Å². The molecular weight excluding hydrogens is 314 g/mol. The van der Waals surface area contributed by atoms with Crippen LogP contribution in [0.2, 0.25) is 0 Å². The van der Waals surface area contributed by atoms with Crippen molar-refractivity contribution in [2.45, 2.75) is 52.0 Å². The maximum absolute atomic E-state index is 11.7. The van der Waals surface area contributed by atoms with Gasteiger partial charge in [-0.1, -0.05) is 32.0 Å². The molecule has 0 aliphatic carbocycles. The van der Waals surface area contributed by atoms with Gasteiger partial charge in [0.2, 0.25) is 0 Å². The van der Waals surface area contributed by atoms with E-state index in [4.69, 9.17) is 0 Å². The molecule has 25 heavy (non-hydrogen) atoms. The highest BCUT2D eigenvalue weighted by Gasteiger charge is 2.24. The first-order chi connectivity index (χ1) is 12.1. The average Bonchev–Trinajstić information content (AvgIpc) is 3.00. The minimum atomic E-state index is -0.720. The molecule has 2 heterocycles. The van der Waals surface area contributed by atoms with Gasteiger partial charge in [-0.05, 0) is 43.9 Å². The molecule has 2 N–H and O–H groups in total. The number of carbonyl (C=O) groups is 1. The summed E-state index contributed by atoms with van der Waals surface area (Å²) in [4.78, 5) is 16.2. The standard InChI is InChI=1S/C20H27N3O2/c1-14(2)21-11-5-7-16(20(24)25)12-17-19-10-9-15-6-3-4-8-18(15)23(19)13-22-17/h3-4,6,8,13-14,16,21H,5,7,9-12H2,1-2H3,(H,24,25)/t16-/m0/s1. The number of nitrogens with one attached hydrogen (secondary N) is 1. The van der Waals surface area contributed by atoms with Crippen molar-refractivity contribution in [3.63, 3.8) is 0 Å². The summed E-state index contributed by atoms with van der Waals surface area (Å²) >= 11 is 0. The van der Waals surface area contributed by atoms with Gasteiger partial charge < -0.3 is 15.0 Å². The SMILES string of the molecule is CC(C)NCCC[C@@H](Cc1ncn2c1CCc1ccccc1-2)C(=O)O. The first kappa shape index (κ1) is 17.7. The third-order valence-corrected chi connectivity index (χ3v) is 4.91. The highest BCUT2D eigenvalue weighted by molar-refractivity contribution is 5.70. The van der Waals surface area contributed by atoms with E-state index in [1.54, 1.807) is 0 Å². The molecule has 134 valence electrons. The second kappa shape index (κ2) is 7.83. The molecule has 1 aliphatic heterocycles. The molecule has 1 aliphatic rings. The number of nitrogens with zero attached hydrogens (tertiary/aromatic N) is 2. The van der Waals surface area contributed by atoms with Crippen LogP contribution in [0.15, 0.2) is 30.6 Å². The molecule has 5 heteroatoms. The minimum absolute atomic E-state index is 0.370. The van der Waals surface area contributed by atoms with E-state index in [0.717, 1.165) is 31.5 Å². The summed E-state index contributed by atoms with van der Waals surface area (Å²) in [6.45, 7) is 5.06. The van der Waals surface area contributed by atoms with Crippen LogP contribution < -0.4 is 5.32 Å². The molecule has 1 aromatic heterocycles. The summed E-state index contributed by atoms with van der Waals surface area (Å²) in [5, 5.41) is 12.9. The molecule has 0 fully saturated rings. The van der Waals surface area contributed by atoms with Crippen molar-refractivity contribution < 1.29 is 9.90 Å². The molecule has 1 aromatic carbocycles. The smallest absolute Gasteiger partial charge is 0.306 e. The largest absolute Gasteiger partial charge is 0.481 e. The first-order valence-electron chi connectivity index (χ1n) is 9.16. The Morgan fingerprint density at radius 2 is 2.12 bits per heavy atom. The molecule has 0 unspecified atom stereocenters. The fraction of sp³-hybridized carbons (Fsp3) is 0.500. The normalized spacial score (nSPS) is 14.2. The summed E-state index contributed by atoms with van der Waals surface area (Å²) in [6, 6.07) is 8.79. The van der Waals surface area contributed by atoms with Crippen molar-refractivity contribution >= 4 is 5.97 Å². The molecule has 0 saturated carbocycles. The number of aryl methyl sites for hydroxylation is 1. The Balaban J connectivity index is 1.70. The molecule has 0 spiro atoms. The van der Waals surface area contributed by atoms with Gasteiger partial charge in [0.15, 0.2) is 0 Å². The number of carboxylic acids is 1. The van der Waals surface area contributed by atoms with Crippen molar-refractivity contribution in [1.29, 1.82) is 0 Å². The molecule has 3 rings (SSSR count). The number of imidazole rings is 1. The summed E-state index contributed by atoms with van der Waals surface area (Å²) in [7, 11) is 0. The van der Waals surface area contributed by atoms with E-state index >= 15 is 0 Å². The van der Waals surface area contributed by atoms with E-state index < -0.39 is 5.97 Å². The molecule has 0 saturated heterocycles. The van der Waals surface area contributed by atoms with E-state index in [1.807, 2.05) is 12.4 Å². The number of fused-ring (bicyclic) bond motifs is 3. The fourth-order valence-electron chi connectivity index (χ4n) is 3.55.